The summed E-state index contributed by atoms with van der Waals surface area (Å²) >= 11 is 0. The summed E-state index contributed by atoms with van der Waals surface area (Å²) in [5, 5.41) is 3.45. The SMILES string of the molecule is C=CC(=O)N1C2CCCC1CC(c1ccc3ncnc(Nc4cc(C)c(Oc5ccc6c(c5)ncn6C)cc4OC)c3n1)C2. The van der Waals surface area contributed by atoms with E-state index < -0.39 is 0 Å². The molecule has 2 aromatic carbocycles. The minimum atomic E-state index is 0.0411. The van der Waals surface area contributed by atoms with Gasteiger partial charge >= 0.3 is 0 Å². The number of hydrogen-bond acceptors (Lipinski definition) is 8. The van der Waals surface area contributed by atoms with Crippen molar-refractivity contribution in [1.29, 1.82) is 0 Å². The molecule has 3 aromatic heterocycles. The number of hydrogen-bond donors (Lipinski definition) is 1. The zero-order valence-electron chi connectivity index (χ0n) is 25.2. The highest BCUT2D eigenvalue weighted by Gasteiger charge is 2.40. The molecule has 10 heteroatoms. The summed E-state index contributed by atoms with van der Waals surface area (Å²) in [7, 11) is 3.60. The second-order valence-corrected chi connectivity index (χ2v) is 11.7. The molecule has 2 unspecified atom stereocenters. The highest BCUT2D eigenvalue weighted by molar-refractivity contribution is 5.89. The van der Waals surface area contributed by atoms with E-state index in [0.717, 1.165) is 65.6 Å². The average molecular weight is 590 g/mol. The quantitative estimate of drug-likeness (QED) is 0.212. The Labute approximate surface area is 255 Å². The first-order valence-electron chi connectivity index (χ1n) is 15.0. The van der Waals surface area contributed by atoms with E-state index in [1.165, 1.54) is 6.08 Å². The molecule has 2 bridgehead atoms. The molecule has 2 aliphatic heterocycles. The largest absolute Gasteiger partial charge is 0.494 e. The Balaban J connectivity index is 1.16. The van der Waals surface area contributed by atoms with E-state index in [9.17, 15) is 4.79 Å². The summed E-state index contributed by atoms with van der Waals surface area (Å²) in [5.41, 5.74) is 6.04. The highest BCUT2D eigenvalue weighted by atomic mass is 16.5. The Bertz CT molecular complexity index is 1890. The molecular weight excluding hydrogens is 554 g/mol. The van der Waals surface area contributed by atoms with E-state index in [2.05, 4.69) is 37.8 Å². The van der Waals surface area contributed by atoms with Crippen LogP contribution in [-0.2, 0) is 11.8 Å². The number of nitrogens with zero attached hydrogens (tertiary/aromatic N) is 6. The van der Waals surface area contributed by atoms with Crippen molar-refractivity contribution in [2.75, 3.05) is 12.4 Å². The highest BCUT2D eigenvalue weighted by Crippen LogP contribution is 2.42. The van der Waals surface area contributed by atoms with Crippen LogP contribution >= 0.6 is 0 Å². The molecule has 7 rings (SSSR count). The van der Waals surface area contributed by atoms with Crippen LogP contribution in [0.25, 0.3) is 22.1 Å². The topological polar surface area (TPSA) is 107 Å². The van der Waals surface area contributed by atoms with Gasteiger partial charge in [-0.3, -0.25) is 4.79 Å². The minimum Gasteiger partial charge on any atom is -0.494 e. The summed E-state index contributed by atoms with van der Waals surface area (Å²) in [6.07, 6.45) is 9.77. The van der Waals surface area contributed by atoms with E-state index in [-0.39, 0.29) is 23.9 Å². The van der Waals surface area contributed by atoms with E-state index in [0.29, 0.717) is 28.6 Å². The summed E-state index contributed by atoms with van der Waals surface area (Å²) < 4.78 is 14.0. The van der Waals surface area contributed by atoms with Gasteiger partial charge in [-0.2, -0.15) is 0 Å². The van der Waals surface area contributed by atoms with Crippen LogP contribution in [0.3, 0.4) is 0 Å². The van der Waals surface area contributed by atoms with Crippen LogP contribution in [0.1, 0.15) is 49.3 Å². The van der Waals surface area contributed by atoms with E-state index in [4.69, 9.17) is 14.5 Å². The van der Waals surface area contributed by atoms with Gasteiger partial charge in [0, 0.05) is 42.9 Å². The van der Waals surface area contributed by atoms with E-state index in [1.54, 1.807) is 19.8 Å². The first kappa shape index (κ1) is 27.8. The van der Waals surface area contributed by atoms with Crippen LogP contribution in [0.5, 0.6) is 17.2 Å². The molecule has 10 nitrogen and oxygen atoms in total. The van der Waals surface area contributed by atoms with Crippen LogP contribution in [0, 0.1) is 6.92 Å². The first-order chi connectivity index (χ1) is 21.4. The molecule has 5 heterocycles. The first-order valence-corrected chi connectivity index (χ1v) is 15.0. The summed E-state index contributed by atoms with van der Waals surface area (Å²) in [4.78, 5) is 33.3. The van der Waals surface area contributed by atoms with Crippen molar-refractivity contribution in [3.63, 3.8) is 0 Å². The second-order valence-electron chi connectivity index (χ2n) is 11.7. The lowest BCUT2D eigenvalue weighted by molar-refractivity contribution is -0.135. The molecular formula is C34H35N7O3. The number of amides is 1. The monoisotopic (exact) mass is 589 g/mol. The maximum absolute atomic E-state index is 12.6. The second kappa shape index (κ2) is 11.3. The molecule has 224 valence electrons. The molecule has 1 N–H and O–H groups in total. The Kier molecular flexibility index (Phi) is 7.12. The Morgan fingerprint density at radius 2 is 1.84 bits per heavy atom. The van der Waals surface area contributed by atoms with Gasteiger partial charge in [-0.15, -0.1) is 0 Å². The molecule has 44 heavy (non-hydrogen) atoms. The zero-order chi connectivity index (χ0) is 30.4. The van der Waals surface area contributed by atoms with Crippen LogP contribution < -0.4 is 14.8 Å². The number of benzene rings is 2. The summed E-state index contributed by atoms with van der Waals surface area (Å²) in [5.74, 6) is 2.89. The standard InChI is InChI=1S/C34H35N7O3/c1-5-32(42)41-22-7-6-8-23(41)15-21(14-22)25-10-11-26-33(38-25)34(36-18-35-26)39-28-13-20(2)30(17-31(28)43-4)44-24-9-12-29-27(16-24)37-19-40(29)3/h5,9-13,16-19,21-23H,1,6-8,14-15H2,2-4H3,(H,35,36,39). The van der Waals surface area contributed by atoms with Gasteiger partial charge in [0.1, 0.15) is 29.1 Å². The number of methoxy groups -OCH3 is 1. The van der Waals surface area contributed by atoms with Crippen molar-refractivity contribution in [2.45, 2.75) is 57.0 Å². The zero-order valence-corrected chi connectivity index (χ0v) is 25.2. The van der Waals surface area contributed by atoms with Gasteiger partial charge in [0.05, 0.1) is 35.7 Å². The van der Waals surface area contributed by atoms with Crippen LogP contribution in [-0.4, -0.2) is 54.5 Å². The number of carbonyl (C=O) groups excluding carboxylic acids is 1. The summed E-state index contributed by atoms with van der Waals surface area (Å²) in [6.45, 7) is 5.72. The Morgan fingerprint density at radius 3 is 2.61 bits per heavy atom. The van der Waals surface area contributed by atoms with Crippen LogP contribution in [0.15, 0.2) is 67.8 Å². The number of anilines is 2. The fourth-order valence-corrected chi connectivity index (χ4v) is 6.84. The number of aryl methyl sites for hydroxylation is 2. The third-order valence-electron chi connectivity index (χ3n) is 9.00. The fraction of sp³-hybridized carbons (Fsp3) is 0.324. The molecule has 2 saturated heterocycles. The van der Waals surface area contributed by atoms with Crippen molar-refractivity contribution in [3.05, 3.63) is 79.0 Å². The van der Waals surface area contributed by atoms with Gasteiger partial charge in [0.15, 0.2) is 5.82 Å². The number of carbonyl (C=O) groups is 1. The van der Waals surface area contributed by atoms with Crippen molar-refractivity contribution >= 4 is 39.5 Å². The molecule has 1 amide bonds. The van der Waals surface area contributed by atoms with Gasteiger partial charge in [0.25, 0.3) is 0 Å². The lowest BCUT2D eigenvalue weighted by atomic mass is 9.77. The van der Waals surface area contributed by atoms with Crippen LogP contribution in [0.4, 0.5) is 11.5 Å². The van der Waals surface area contributed by atoms with Crippen molar-refractivity contribution < 1.29 is 14.3 Å². The number of aromatic nitrogens is 5. The lowest BCUT2D eigenvalue weighted by Crippen LogP contribution is -2.53. The maximum atomic E-state index is 12.6. The van der Waals surface area contributed by atoms with Gasteiger partial charge in [-0.25, -0.2) is 19.9 Å². The molecule has 0 saturated carbocycles. The summed E-state index contributed by atoms with van der Waals surface area (Å²) in [6, 6.07) is 14.3. The third-order valence-corrected chi connectivity index (χ3v) is 9.00. The van der Waals surface area contributed by atoms with Crippen molar-refractivity contribution in [3.8, 4) is 17.2 Å². The molecule has 0 spiro atoms. The molecule has 0 radical (unpaired) electrons. The molecule has 2 fully saturated rings. The smallest absolute Gasteiger partial charge is 0.246 e. The molecule has 5 aromatic rings. The average Bonchev–Trinajstić information content (AvgIpc) is 3.40. The molecule has 2 aliphatic rings. The van der Waals surface area contributed by atoms with E-state index >= 15 is 0 Å². The van der Waals surface area contributed by atoms with E-state index in [1.807, 2.05) is 54.9 Å². The number of pyridine rings is 1. The Hall–Kier alpha value is -4.99. The molecule has 0 aliphatic carbocycles. The molecule has 2 atom stereocenters. The number of fused-ring (bicyclic) bond motifs is 4. The van der Waals surface area contributed by atoms with Crippen molar-refractivity contribution in [1.82, 2.24) is 29.4 Å². The van der Waals surface area contributed by atoms with Gasteiger partial charge in [-0.05, 0) is 81.0 Å². The number of nitrogens with one attached hydrogen (secondary N) is 1. The Morgan fingerprint density at radius 1 is 1.02 bits per heavy atom. The predicted octanol–water partition coefficient (Wildman–Crippen LogP) is 6.58. The number of imidazole rings is 1. The predicted molar refractivity (Wildman–Crippen MR) is 170 cm³/mol. The normalized spacial score (nSPS) is 19.6. The fourth-order valence-electron chi connectivity index (χ4n) is 6.84. The number of ether oxygens (including phenoxy) is 2. The maximum Gasteiger partial charge on any atom is 0.246 e. The minimum absolute atomic E-state index is 0.0411. The van der Waals surface area contributed by atoms with Gasteiger partial charge in [-0.1, -0.05) is 6.58 Å². The number of piperidine rings is 2. The third kappa shape index (κ3) is 5.00. The van der Waals surface area contributed by atoms with Crippen molar-refractivity contribution in [2.24, 2.45) is 7.05 Å². The van der Waals surface area contributed by atoms with Crippen LogP contribution in [0.2, 0.25) is 0 Å². The lowest BCUT2D eigenvalue weighted by Gasteiger charge is -2.48. The number of rotatable bonds is 7. The van der Waals surface area contributed by atoms with Gasteiger partial charge in [0.2, 0.25) is 5.91 Å². The van der Waals surface area contributed by atoms with Gasteiger partial charge < -0.3 is 24.3 Å².